The maximum Gasteiger partial charge on any atom is 0.330 e. The molecule has 0 aromatic heterocycles. The van der Waals surface area contributed by atoms with Gasteiger partial charge >= 0.3 is 5.97 Å². The number of aliphatic carboxylic acids is 1. The fraction of sp³-hybridized carbons (Fsp3) is 0.812. The lowest BCUT2D eigenvalue weighted by atomic mass is 10.2. The normalized spacial score (nSPS) is 14.6. The summed E-state index contributed by atoms with van der Waals surface area (Å²) in [5.41, 5.74) is 1.38. The van der Waals surface area contributed by atoms with Gasteiger partial charge in [-0.2, -0.15) is 8.42 Å². The van der Waals surface area contributed by atoms with Gasteiger partial charge in [-0.15, -0.1) is 0 Å². The molecule has 0 aliphatic carbocycles. The first kappa shape index (κ1) is 22.3. The van der Waals surface area contributed by atoms with Crippen LogP contribution in [0.4, 0.5) is 0 Å². The summed E-state index contributed by atoms with van der Waals surface area (Å²) in [4.78, 5) is 11.6. The van der Waals surface area contributed by atoms with E-state index in [-0.39, 0.29) is 12.2 Å². The summed E-state index contributed by atoms with van der Waals surface area (Å²) in [5.74, 6) is -1.27. The molecule has 7 heteroatoms. The molecule has 0 amide bonds. The van der Waals surface area contributed by atoms with Crippen LogP contribution in [-0.4, -0.2) is 37.9 Å². The van der Waals surface area contributed by atoms with Crippen molar-refractivity contribution in [2.45, 2.75) is 77.9 Å². The van der Waals surface area contributed by atoms with Crippen molar-refractivity contribution >= 4 is 24.2 Å². The summed E-state index contributed by atoms with van der Waals surface area (Å²) in [6.45, 7) is 14.5. The lowest BCUT2D eigenvalue weighted by Gasteiger charge is -2.46. The summed E-state index contributed by atoms with van der Waals surface area (Å²) in [5, 5.41) is 10.5. The van der Waals surface area contributed by atoms with Crippen LogP contribution in [0.15, 0.2) is 10.8 Å². The van der Waals surface area contributed by atoms with E-state index < -0.39 is 24.2 Å². The third kappa shape index (κ3) is 5.43. The zero-order valence-corrected chi connectivity index (χ0v) is 17.2. The zero-order valence-electron chi connectivity index (χ0n) is 15.4. The van der Waals surface area contributed by atoms with Crippen LogP contribution in [0.3, 0.4) is 0 Å². The summed E-state index contributed by atoms with van der Waals surface area (Å²) in [7, 11) is -6.18. The topological polar surface area (TPSA) is 91.7 Å². The van der Waals surface area contributed by atoms with Crippen LogP contribution in [0.5, 0.6) is 0 Å². The molecule has 0 aliphatic heterocycles. The van der Waals surface area contributed by atoms with Crippen molar-refractivity contribution in [3.8, 4) is 0 Å². The van der Waals surface area contributed by atoms with E-state index in [1.165, 1.54) is 0 Å². The van der Waals surface area contributed by atoms with Gasteiger partial charge in [-0.05, 0) is 36.4 Å². The van der Waals surface area contributed by atoms with Gasteiger partial charge in [0.1, 0.15) is 0 Å². The Bertz CT molecular complexity index is 525. The van der Waals surface area contributed by atoms with E-state index in [0.29, 0.717) is 28.6 Å². The molecule has 0 bridgehead atoms. The van der Waals surface area contributed by atoms with Gasteiger partial charge in [-0.3, -0.25) is 4.55 Å². The van der Waals surface area contributed by atoms with Crippen molar-refractivity contribution in [1.29, 1.82) is 0 Å². The van der Waals surface area contributed by atoms with Crippen LogP contribution in [0.25, 0.3) is 0 Å². The van der Waals surface area contributed by atoms with Gasteiger partial charge in [-0.1, -0.05) is 46.7 Å². The average molecular weight is 365 g/mol. The lowest BCUT2D eigenvalue weighted by molar-refractivity contribution is -0.132. The predicted octanol–water partition coefficient (Wildman–Crippen LogP) is 4.27. The number of carboxylic acid groups (broad SMARTS) is 1. The maximum absolute atomic E-state index is 11.6. The van der Waals surface area contributed by atoms with Crippen molar-refractivity contribution in [1.82, 2.24) is 0 Å². The minimum atomic E-state index is -4.03. The smallest absolute Gasteiger partial charge is 0.330 e. The number of carbonyl (C=O) groups is 1. The summed E-state index contributed by atoms with van der Waals surface area (Å²) in [6.07, 6.45) is 0.665. The SMILES string of the molecule is CC(C(=O)O)=C(CCCS(=O)(=O)O)[Si](C(C)C)(C(C)C)C(C)C. The molecule has 0 saturated carbocycles. The molecule has 23 heavy (non-hydrogen) atoms. The Morgan fingerprint density at radius 3 is 1.65 bits per heavy atom. The largest absolute Gasteiger partial charge is 0.478 e. The fourth-order valence-electron chi connectivity index (χ4n) is 4.33. The van der Waals surface area contributed by atoms with Crippen LogP contribution in [0.1, 0.15) is 61.3 Å². The molecule has 0 spiro atoms. The number of hydrogen-bond donors (Lipinski definition) is 2. The standard InChI is InChI=1S/C16H32O5SSi/c1-11(2)23(12(3)4,13(5)6)15(14(7)16(17)18)9-8-10-22(19,20)21/h11-13H,8-10H2,1-7H3,(H,17,18)(H,19,20,21). The van der Waals surface area contributed by atoms with Crippen LogP contribution in [0.2, 0.25) is 16.6 Å². The molecule has 136 valence electrons. The maximum atomic E-state index is 11.6. The Balaban J connectivity index is 6.09. The monoisotopic (exact) mass is 364 g/mol. The second-order valence-corrected chi connectivity index (χ2v) is 14.7. The van der Waals surface area contributed by atoms with Crippen LogP contribution in [0, 0.1) is 0 Å². The number of carboxylic acids is 1. The Morgan fingerprint density at radius 1 is 1.00 bits per heavy atom. The van der Waals surface area contributed by atoms with Gasteiger partial charge in [0.15, 0.2) is 0 Å². The molecule has 0 atom stereocenters. The highest BCUT2D eigenvalue weighted by Gasteiger charge is 2.46. The molecule has 2 N–H and O–H groups in total. The van der Waals surface area contributed by atoms with Gasteiger partial charge in [0, 0.05) is 5.57 Å². The first-order valence-corrected chi connectivity index (χ1v) is 12.0. The van der Waals surface area contributed by atoms with E-state index in [1.807, 2.05) is 0 Å². The summed E-state index contributed by atoms with van der Waals surface area (Å²) >= 11 is 0. The Kier molecular flexibility index (Phi) is 8.20. The molecule has 0 aromatic carbocycles. The van der Waals surface area contributed by atoms with E-state index in [4.69, 9.17) is 4.55 Å². The van der Waals surface area contributed by atoms with Crippen molar-refractivity contribution in [2.75, 3.05) is 5.75 Å². The second-order valence-electron chi connectivity index (χ2n) is 7.20. The molecule has 0 radical (unpaired) electrons. The highest BCUT2D eigenvalue weighted by atomic mass is 32.2. The van der Waals surface area contributed by atoms with Gasteiger partial charge in [0.2, 0.25) is 0 Å². The van der Waals surface area contributed by atoms with Gasteiger partial charge in [0.05, 0.1) is 13.8 Å². The predicted molar refractivity (Wildman–Crippen MR) is 97.0 cm³/mol. The van der Waals surface area contributed by atoms with E-state index in [9.17, 15) is 18.3 Å². The molecule has 0 fully saturated rings. The van der Waals surface area contributed by atoms with E-state index in [0.717, 1.165) is 5.20 Å². The Morgan fingerprint density at radius 2 is 1.39 bits per heavy atom. The third-order valence-corrected chi connectivity index (χ3v) is 13.2. The summed E-state index contributed by atoms with van der Waals surface area (Å²) < 4.78 is 31.0. The lowest BCUT2D eigenvalue weighted by Crippen LogP contribution is -2.48. The molecular weight excluding hydrogens is 332 g/mol. The Hall–Kier alpha value is -0.663. The molecular formula is C16H32O5SSi. The number of hydrogen-bond acceptors (Lipinski definition) is 3. The molecule has 0 saturated heterocycles. The minimum absolute atomic E-state index is 0.250. The van der Waals surface area contributed by atoms with E-state index >= 15 is 0 Å². The van der Waals surface area contributed by atoms with Crippen molar-refractivity contribution < 1.29 is 22.9 Å². The van der Waals surface area contributed by atoms with E-state index in [1.54, 1.807) is 6.92 Å². The van der Waals surface area contributed by atoms with Crippen molar-refractivity contribution in [2.24, 2.45) is 0 Å². The van der Waals surface area contributed by atoms with Gasteiger partial charge in [0.25, 0.3) is 10.1 Å². The molecule has 0 rings (SSSR count). The highest BCUT2D eigenvalue weighted by molar-refractivity contribution is 7.85. The van der Waals surface area contributed by atoms with Crippen LogP contribution < -0.4 is 0 Å². The quantitative estimate of drug-likeness (QED) is 0.362. The fourth-order valence-corrected chi connectivity index (χ4v) is 12.3. The minimum Gasteiger partial charge on any atom is -0.478 e. The van der Waals surface area contributed by atoms with Crippen LogP contribution in [-0.2, 0) is 14.9 Å². The molecule has 0 aromatic rings. The zero-order chi connectivity index (χ0) is 18.6. The van der Waals surface area contributed by atoms with Crippen molar-refractivity contribution in [3.63, 3.8) is 0 Å². The van der Waals surface area contributed by atoms with E-state index in [2.05, 4.69) is 41.5 Å². The molecule has 5 nitrogen and oxygen atoms in total. The second kappa shape index (κ2) is 8.44. The average Bonchev–Trinajstić information content (AvgIpc) is 2.33. The number of allylic oxidation sites excluding steroid dienone is 1. The number of rotatable bonds is 9. The van der Waals surface area contributed by atoms with Crippen molar-refractivity contribution in [3.05, 3.63) is 10.8 Å². The third-order valence-electron chi connectivity index (χ3n) is 4.99. The molecule has 0 unspecified atom stereocenters. The summed E-state index contributed by atoms with van der Waals surface area (Å²) in [6, 6.07) is 0. The molecule has 0 heterocycles. The first-order chi connectivity index (χ1) is 10.3. The van der Waals surface area contributed by atoms with Crippen LogP contribution >= 0.6 is 0 Å². The van der Waals surface area contributed by atoms with Gasteiger partial charge in [-0.25, -0.2) is 4.79 Å². The highest BCUT2D eigenvalue weighted by Crippen LogP contribution is 2.48. The molecule has 0 aliphatic rings. The first-order valence-electron chi connectivity index (χ1n) is 8.17. The Labute approximate surface area is 141 Å². The van der Waals surface area contributed by atoms with Gasteiger partial charge < -0.3 is 5.11 Å².